The number of aryl methyl sites for hydroxylation is 1. The number of nitrogens with zero attached hydrogens (tertiary/aromatic N) is 2. The van der Waals surface area contributed by atoms with Crippen LogP contribution in [0.4, 0.5) is 5.69 Å². The molecule has 0 N–H and O–H groups in total. The fraction of sp³-hybridized carbons (Fsp3) is 0.353. The van der Waals surface area contributed by atoms with Gasteiger partial charge < -0.3 is 9.64 Å². The van der Waals surface area contributed by atoms with Gasteiger partial charge in [-0.1, -0.05) is 30.3 Å². The molecule has 1 aliphatic heterocycles. The third-order valence-corrected chi connectivity index (χ3v) is 5.27. The Labute approximate surface area is 143 Å². The summed E-state index contributed by atoms with van der Waals surface area (Å²) >= 11 is 1.17. The van der Waals surface area contributed by atoms with Crippen LogP contribution in [0.25, 0.3) is 0 Å². The summed E-state index contributed by atoms with van der Waals surface area (Å²) in [6.07, 6.45) is 0. The molecule has 1 aromatic heterocycles. The zero-order valence-corrected chi connectivity index (χ0v) is 14.3. The molecule has 0 spiro atoms. The smallest absolute Gasteiger partial charge is 0.283 e. The Morgan fingerprint density at radius 2 is 2.08 bits per heavy atom. The first-order valence-corrected chi connectivity index (χ1v) is 8.46. The molecule has 1 aromatic carbocycles. The van der Waals surface area contributed by atoms with Gasteiger partial charge in [0.2, 0.25) is 0 Å². The fourth-order valence-electron chi connectivity index (χ4n) is 2.92. The Balaban J connectivity index is 1.83. The van der Waals surface area contributed by atoms with Gasteiger partial charge in [-0.2, -0.15) is 0 Å². The molecule has 1 fully saturated rings. The van der Waals surface area contributed by atoms with E-state index in [0.29, 0.717) is 29.5 Å². The molecule has 24 heavy (non-hydrogen) atoms. The second-order valence-electron chi connectivity index (χ2n) is 5.98. The van der Waals surface area contributed by atoms with E-state index < -0.39 is 10.5 Å². The molecule has 2 heterocycles. The molecule has 3 rings (SSSR count). The van der Waals surface area contributed by atoms with Crippen molar-refractivity contribution in [1.82, 2.24) is 4.90 Å². The van der Waals surface area contributed by atoms with E-state index in [1.165, 1.54) is 17.4 Å². The van der Waals surface area contributed by atoms with Crippen LogP contribution in [0.2, 0.25) is 0 Å². The lowest BCUT2D eigenvalue weighted by Gasteiger charge is -2.40. The first-order chi connectivity index (χ1) is 11.4. The largest absolute Gasteiger partial charge is 0.367 e. The molecule has 1 atom stereocenters. The Morgan fingerprint density at radius 3 is 2.71 bits per heavy atom. The van der Waals surface area contributed by atoms with Crippen LogP contribution in [0.3, 0.4) is 0 Å². The summed E-state index contributed by atoms with van der Waals surface area (Å²) in [7, 11) is 0. The van der Waals surface area contributed by atoms with Gasteiger partial charge in [0.15, 0.2) is 0 Å². The van der Waals surface area contributed by atoms with E-state index >= 15 is 0 Å². The third kappa shape index (κ3) is 3.05. The standard InChI is InChI=1S/C17H18N2O4S/c1-12-14(19(21)22)10-15(24-12)16(20)18-8-9-23-17(2,11-18)13-6-4-3-5-7-13/h3-7,10H,8-9,11H2,1-2H3/t17-/m1/s1. The summed E-state index contributed by atoms with van der Waals surface area (Å²) < 4.78 is 5.94. The molecule has 0 radical (unpaired) electrons. The van der Waals surface area contributed by atoms with Crippen molar-refractivity contribution in [3.63, 3.8) is 0 Å². The highest BCUT2D eigenvalue weighted by molar-refractivity contribution is 7.14. The molecular weight excluding hydrogens is 328 g/mol. The zero-order chi connectivity index (χ0) is 17.3. The topological polar surface area (TPSA) is 72.7 Å². The Bertz CT molecular complexity index is 774. The maximum atomic E-state index is 12.8. The third-order valence-electron chi connectivity index (χ3n) is 4.25. The molecular formula is C17H18N2O4S. The molecule has 1 aliphatic rings. The lowest BCUT2D eigenvalue weighted by atomic mass is 9.94. The van der Waals surface area contributed by atoms with Gasteiger partial charge in [-0.25, -0.2) is 0 Å². The van der Waals surface area contributed by atoms with Crippen LogP contribution >= 0.6 is 11.3 Å². The fourth-order valence-corrected chi connectivity index (χ4v) is 3.88. The van der Waals surface area contributed by atoms with Gasteiger partial charge in [0.05, 0.1) is 27.8 Å². The number of carbonyl (C=O) groups excluding carboxylic acids is 1. The summed E-state index contributed by atoms with van der Waals surface area (Å²) in [6.45, 7) is 4.95. The molecule has 0 aliphatic carbocycles. The predicted molar refractivity (Wildman–Crippen MR) is 91.4 cm³/mol. The summed E-state index contributed by atoms with van der Waals surface area (Å²) in [5.74, 6) is -0.179. The molecule has 0 unspecified atom stereocenters. The number of rotatable bonds is 3. The van der Waals surface area contributed by atoms with E-state index in [1.54, 1.807) is 11.8 Å². The SMILES string of the molecule is Cc1sc(C(=O)N2CCO[C@@](C)(c3ccccc3)C2)cc1[N+](=O)[O-]. The number of hydrogen-bond donors (Lipinski definition) is 0. The van der Waals surface area contributed by atoms with E-state index in [9.17, 15) is 14.9 Å². The summed E-state index contributed by atoms with van der Waals surface area (Å²) in [5.41, 5.74) is 0.436. The van der Waals surface area contributed by atoms with Crippen LogP contribution in [0.1, 0.15) is 27.0 Å². The minimum atomic E-state index is -0.576. The van der Waals surface area contributed by atoms with E-state index in [0.717, 1.165) is 5.56 Å². The lowest BCUT2D eigenvalue weighted by Crippen LogP contribution is -2.50. The molecule has 7 heteroatoms. The number of nitro groups is 1. The number of benzene rings is 1. The Morgan fingerprint density at radius 1 is 1.38 bits per heavy atom. The quantitative estimate of drug-likeness (QED) is 0.631. The van der Waals surface area contributed by atoms with Gasteiger partial charge in [-0.3, -0.25) is 14.9 Å². The van der Waals surface area contributed by atoms with E-state index in [4.69, 9.17) is 4.74 Å². The van der Waals surface area contributed by atoms with Gasteiger partial charge in [0.1, 0.15) is 5.60 Å². The van der Waals surface area contributed by atoms with Crippen LogP contribution in [0.5, 0.6) is 0 Å². The summed E-state index contributed by atoms with van der Waals surface area (Å²) in [4.78, 5) is 26.0. The second-order valence-corrected chi connectivity index (χ2v) is 7.24. The van der Waals surface area contributed by atoms with Crippen molar-refractivity contribution in [3.8, 4) is 0 Å². The number of thiophene rings is 1. The van der Waals surface area contributed by atoms with Crippen molar-refractivity contribution in [1.29, 1.82) is 0 Å². The minimum Gasteiger partial charge on any atom is -0.367 e. The van der Waals surface area contributed by atoms with Gasteiger partial charge in [0.25, 0.3) is 11.6 Å². The first-order valence-electron chi connectivity index (χ1n) is 7.64. The van der Waals surface area contributed by atoms with Crippen molar-refractivity contribution in [2.45, 2.75) is 19.4 Å². The van der Waals surface area contributed by atoms with Gasteiger partial charge >= 0.3 is 0 Å². The molecule has 0 saturated carbocycles. The highest BCUT2D eigenvalue weighted by Gasteiger charge is 2.36. The average Bonchev–Trinajstić information content (AvgIpc) is 2.97. The lowest BCUT2D eigenvalue weighted by molar-refractivity contribution is -0.385. The number of ether oxygens (including phenoxy) is 1. The number of hydrogen-bond acceptors (Lipinski definition) is 5. The van der Waals surface area contributed by atoms with Crippen molar-refractivity contribution < 1.29 is 14.5 Å². The predicted octanol–water partition coefficient (Wildman–Crippen LogP) is 3.35. The molecule has 1 amide bonds. The number of amides is 1. The van der Waals surface area contributed by atoms with Crippen molar-refractivity contribution in [2.75, 3.05) is 19.7 Å². The zero-order valence-electron chi connectivity index (χ0n) is 13.5. The van der Waals surface area contributed by atoms with E-state index in [-0.39, 0.29) is 11.6 Å². The van der Waals surface area contributed by atoms with Crippen molar-refractivity contribution in [2.24, 2.45) is 0 Å². The van der Waals surface area contributed by atoms with Crippen LogP contribution < -0.4 is 0 Å². The molecule has 126 valence electrons. The number of morpholine rings is 1. The summed E-state index contributed by atoms with van der Waals surface area (Å²) in [6, 6.07) is 11.2. The first kappa shape index (κ1) is 16.6. The minimum absolute atomic E-state index is 0.00225. The summed E-state index contributed by atoms with van der Waals surface area (Å²) in [5, 5.41) is 11.0. The normalized spacial score (nSPS) is 20.8. The van der Waals surface area contributed by atoms with Gasteiger partial charge in [0, 0.05) is 12.6 Å². The highest BCUT2D eigenvalue weighted by atomic mass is 32.1. The van der Waals surface area contributed by atoms with E-state index in [2.05, 4.69) is 0 Å². The van der Waals surface area contributed by atoms with Crippen molar-refractivity contribution in [3.05, 3.63) is 61.8 Å². The Kier molecular flexibility index (Phi) is 4.38. The van der Waals surface area contributed by atoms with Crippen LogP contribution in [-0.2, 0) is 10.3 Å². The molecule has 0 bridgehead atoms. The number of carbonyl (C=O) groups is 1. The average molecular weight is 346 g/mol. The van der Waals surface area contributed by atoms with Gasteiger partial charge in [-0.05, 0) is 19.4 Å². The molecule has 6 nitrogen and oxygen atoms in total. The van der Waals surface area contributed by atoms with Gasteiger partial charge in [-0.15, -0.1) is 11.3 Å². The van der Waals surface area contributed by atoms with Crippen LogP contribution in [0.15, 0.2) is 36.4 Å². The monoisotopic (exact) mass is 346 g/mol. The second kappa shape index (κ2) is 6.33. The maximum Gasteiger partial charge on any atom is 0.283 e. The molecule has 1 saturated heterocycles. The van der Waals surface area contributed by atoms with Crippen molar-refractivity contribution >= 4 is 22.9 Å². The maximum absolute atomic E-state index is 12.8. The van der Waals surface area contributed by atoms with E-state index in [1.807, 2.05) is 37.3 Å². The van der Waals surface area contributed by atoms with Crippen LogP contribution in [0, 0.1) is 17.0 Å². The molecule has 2 aromatic rings. The Hall–Kier alpha value is -2.25. The van der Waals surface area contributed by atoms with Crippen LogP contribution in [-0.4, -0.2) is 35.4 Å². The highest BCUT2D eigenvalue weighted by Crippen LogP contribution is 2.33.